The van der Waals surface area contributed by atoms with Crippen LogP contribution < -0.4 is 5.32 Å². The van der Waals surface area contributed by atoms with E-state index >= 15 is 0 Å². The summed E-state index contributed by atoms with van der Waals surface area (Å²) in [6.07, 6.45) is 3.25. The van der Waals surface area contributed by atoms with Crippen molar-refractivity contribution >= 4 is 5.69 Å². The highest BCUT2D eigenvalue weighted by molar-refractivity contribution is 5.36. The monoisotopic (exact) mass is 262 g/mol. The van der Waals surface area contributed by atoms with Crippen LogP contribution in [0.15, 0.2) is 24.3 Å². The number of nitrogens with one attached hydrogen (secondary N) is 1. The minimum Gasteiger partial charge on any atom is -0.307 e. The van der Waals surface area contributed by atoms with Gasteiger partial charge in [0.05, 0.1) is 4.92 Å². The minimum absolute atomic E-state index is 0.176. The van der Waals surface area contributed by atoms with Crippen molar-refractivity contribution in [3.05, 3.63) is 39.9 Å². The Bertz CT molecular complexity index is 471. The molecule has 1 aromatic carbocycles. The molecule has 0 bridgehead atoms. The second-order valence-electron chi connectivity index (χ2n) is 6.11. The van der Waals surface area contributed by atoms with Crippen LogP contribution in [0.3, 0.4) is 0 Å². The van der Waals surface area contributed by atoms with Gasteiger partial charge in [-0.15, -0.1) is 0 Å². The molecule has 2 unspecified atom stereocenters. The van der Waals surface area contributed by atoms with Crippen LogP contribution in [0.1, 0.15) is 51.6 Å². The Kier molecular flexibility index (Phi) is 3.90. The Labute approximate surface area is 114 Å². The Morgan fingerprint density at radius 2 is 2.21 bits per heavy atom. The molecule has 1 aromatic rings. The lowest BCUT2D eigenvalue weighted by Gasteiger charge is -2.19. The second kappa shape index (κ2) is 5.29. The van der Waals surface area contributed by atoms with Crippen LogP contribution in [0.2, 0.25) is 0 Å². The van der Waals surface area contributed by atoms with Crippen molar-refractivity contribution in [2.24, 2.45) is 5.41 Å². The van der Waals surface area contributed by atoms with Crippen LogP contribution in [-0.2, 0) is 0 Å². The first-order valence-electron chi connectivity index (χ1n) is 6.94. The van der Waals surface area contributed by atoms with Gasteiger partial charge in [-0.2, -0.15) is 0 Å². The normalized spacial score (nSPS) is 21.9. The van der Waals surface area contributed by atoms with E-state index in [4.69, 9.17) is 0 Å². The third-order valence-corrected chi connectivity index (χ3v) is 3.98. The maximum Gasteiger partial charge on any atom is 0.269 e. The molecule has 0 spiro atoms. The summed E-state index contributed by atoms with van der Waals surface area (Å²) < 4.78 is 0. The molecule has 1 fully saturated rings. The fraction of sp³-hybridized carbons (Fsp3) is 0.600. The van der Waals surface area contributed by atoms with Gasteiger partial charge in [0, 0.05) is 24.2 Å². The van der Waals surface area contributed by atoms with Crippen molar-refractivity contribution in [2.75, 3.05) is 0 Å². The average Bonchev–Trinajstić information content (AvgIpc) is 2.96. The van der Waals surface area contributed by atoms with E-state index < -0.39 is 0 Å². The first-order valence-corrected chi connectivity index (χ1v) is 6.94. The molecule has 0 amide bonds. The van der Waals surface area contributed by atoms with Crippen molar-refractivity contribution in [1.82, 2.24) is 5.32 Å². The summed E-state index contributed by atoms with van der Waals surface area (Å²) in [5.74, 6) is 0. The number of hydrogen-bond donors (Lipinski definition) is 1. The van der Waals surface area contributed by atoms with Crippen molar-refractivity contribution in [2.45, 2.75) is 52.1 Å². The van der Waals surface area contributed by atoms with Crippen LogP contribution in [-0.4, -0.2) is 11.0 Å². The highest BCUT2D eigenvalue weighted by Gasteiger charge is 2.46. The molecule has 0 radical (unpaired) electrons. The van der Waals surface area contributed by atoms with E-state index in [0.717, 1.165) is 18.4 Å². The standard InChI is InChI=1S/C15H22N2O2/c1-4-6-13(16-14-10-15(14,2)3)11-7-5-8-12(9-11)17(18)19/h5,7-9,13-14,16H,4,6,10H2,1-3H3. The van der Waals surface area contributed by atoms with E-state index in [1.807, 2.05) is 6.07 Å². The van der Waals surface area contributed by atoms with Gasteiger partial charge in [0.1, 0.15) is 0 Å². The van der Waals surface area contributed by atoms with Gasteiger partial charge in [-0.1, -0.05) is 39.3 Å². The molecule has 19 heavy (non-hydrogen) atoms. The maximum absolute atomic E-state index is 10.9. The Morgan fingerprint density at radius 1 is 1.53 bits per heavy atom. The molecule has 1 saturated carbocycles. The van der Waals surface area contributed by atoms with Crippen LogP contribution in [0, 0.1) is 15.5 Å². The predicted octanol–water partition coefficient (Wildman–Crippen LogP) is 3.82. The fourth-order valence-corrected chi connectivity index (χ4v) is 2.48. The molecule has 1 aliphatic carbocycles. The smallest absolute Gasteiger partial charge is 0.269 e. The summed E-state index contributed by atoms with van der Waals surface area (Å²) in [4.78, 5) is 10.5. The lowest BCUT2D eigenvalue weighted by atomic mass is 10.0. The van der Waals surface area contributed by atoms with E-state index in [9.17, 15) is 10.1 Å². The summed E-state index contributed by atoms with van der Waals surface area (Å²) >= 11 is 0. The lowest BCUT2D eigenvalue weighted by molar-refractivity contribution is -0.384. The van der Waals surface area contributed by atoms with Crippen molar-refractivity contribution in [3.8, 4) is 0 Å². The van der Waals surface area contributed by atoms with E-state index in [-0.39, 0.29) is 16.7 Å². The molecule has 0 aliphatic heterocycles. The van der Waals surface area contributed by atoms with Crippen LogP contribution in [0.5, 0.6) is 0 Å². The summed E-state index contributed by atoms with van der Waals surface area (Å²) in [5.41, 5.74) is 1.57. The SMILES string of the molecule is CCCC(NC1CC1(C)C)c1cccc([N+](=O)[O-])c1. The zero-order valence-corrected chi connectivity index (χ0v) is 11.8. The third-order valence-electron chi connectivity index (χ3n) is 3.98. The first-order chi connectivity index (χ1) is 8.94. The molecular formula is C15H22N2O2. The lowest BCUT2D eigenvalue weighted by Crippen LogP contribution is -2.26. The molecule has 2 rings (SSSR count). The Hall–Kier alpha value is -1.42. The largest absolute Gasteiger partial charge is 0.307 e. The first kappa shape index (κ1) is 14.0. The number of rotatable bonds is 6. The highest BCUT2D eigenvalue weighted by atomic mass is 16.6. The number of nitro benzene ring substituents is 1. The molecule has 0 aromatic heterocycles. The van der Waals surface area contributed by atoms with E-state index in [1.54, 1.807) is 18.2 Å². The number of nitrogens with zero attached hydrogens (tertiary/aromatic N) is 1. The zero-order chi connectivity index (χ0) is 14.0. The van der Waals surface area contributed by atoms with Gasteiger partial charge in [-0.3, -0.25) is 10.1 Å². The van der Waals surface area contributed by atoms with E-state index in [0.29, 0.717) is 11.5 Å². The number of benzene rings is 1. The molecule has 1 N–H and O–H groups in total. The van der Waals surface area contributed by atoms with Gasteiger partial charge in [0.2, 0.25) is 0 Å². The zero-order valence-electron chi connectivity index (χ0n) is 11.8. The van der Waals surface area contributed by atoms with Crippen molar-refractivity contribution in [3.63, 3.8) is 0 Å². The van der Waals surface area contributed by atoms with E-state index in [2.05, 4.69) is 26.1 Å². The predicted molar refractivity (Wildman–Crippen MR) is 76.1 cm³/mol. The fourth-order valence-electron chi connectivity index (χ4n) is 2.48. The summed E-state index contributed by atoms with van der Waals surface area (Å²) in [5, 5.41) is 14.5. The minimum atomic E-state index is -0.326. The van der Waals surface area contributed by atoms with Crippen LogP contribution in [0.4, 0.5) is 5.69 Å². The molecule has 0 heterocycles. The van der Waals surface area contributed by atoms with Crippen molar-refractivity contribution < 1.29 is 4.92 Å². The molecule has 1 aliphatic rings. The number of non-ortho nitro benzene ring substituents is 1. The van der Waals surface area contributed by atoms with Gasteiger partial charge in [-0.25, -0.2) is 0 Å². The molecular weight excluding hydrogens is 240 g/mol. The van der Waals surface area contributed by atoms with E-state index in [1.165, 1.54) is 6.42 Å². The van der Waals surface area contributed by atoms with Gasteiger partial charge in [0.25, 0.3) is 5.69 Å². The third kappa shape index (κ3) is 3.32. The Morgan fingerprint density at radius 3 is 2.74 bits per heavy atom. The van der Waals surface area contributed by atoms with Gasteiger partial charge >= 0.3 is 0 Å². The molecule has 0 saturated heterocycles. The highest BCUT2D eigenvalue weighted by Crippen LogP contribution is 2.46. The van der Waals surface area contributed by atoms with Gasteiger partial charge in [0.15, 0.2) is 0 Å². The van der Waals surface area contributed by atoms with Gasteiger partial charge in [-0.05, 0) is 23.8 Å². The molecule has 2 atom stereocenters. The summed E-state index contributed by atoms with van der Waals surface area (Å²) in [6, 6.07) is 7.75. The molecule has 4 nitrogen and oxygen atoms in total. The molecule has 4 heteroatoms. The number of hydrogen-bond acceptors (Lipinski definition) is 3. The summed E-state index contributed by atoms with van der Waals surface area (Å²) in [7, 11) is 0. The van der Waals surface area contributed by atoms with Crippen molar-refractivity contribution in [1.29, 1.82) is 0 Å². The van der Waals surface area contributed by atoms with Crippen LogP contribution in [0.25, 0.3) is 0 Å². The maximum atomic E-state index is 10.9. The average molecular weight is 262 g/mol. The van der Waals surface area contributed by atoms with Gasteiger partial charge < -0.3 is 5.32 Å². The second-order valence-corrected chi connectivity index (χ2v) is 6.11. The topological polar surface area (TPSA) is 55.2 Å². The van der Waals surface area contributed by atoms with Crippen LogP contribution >= 0.6 is 0 Å². The summed E-state index contributed by atoms with van der Waals surface area (Å²) in [6.45, 7) is 6.65. The quantitative estimate of drug-likeness (QED) is 0.626. The molecule has 104 valence electrons. The Balaban J connectivity index is 2.14. The number of nitro groups is 1.